The molecule has 0 bridgehead atoms. The van der Waals surface area contributed by atoms with Crippen LogP contribution in [0, 0.1) is 5.92 Å². The summed E-state index contributed by atoms with van der Waals surface area (Å²) >= 11 is 0. The lowest BCUT2D eigenvalue weighted by molar-refractivity contribution is -0.126. The molecule has 0 aromatic rings. The first-order valence-corrected chi connectivity index (χ1v) is 9.74. The minimum Gasteiger partial charge on any atom is -0.379 e. The zero-order valence-electron chi connectivity index (χ0n) is 16.5. The molecule has 0 aromatic heterocycles. The summed E-state index contributed by atoms with van der Waals surface area (Å²) in [5.41, 5.74) is 0. The third-order valence-corrected chi connectivity index (χ3v) is 3.52. The molecule has 0 radical (unpaired) electrons. The van der Waals surface area contributed by atoms with Crippen molar-refractivity contribution in [1.82, 2.24) is 5.32 Å². The maximum absolute atomic E-state index is 11.4. The van der Waals surface area contributed by atoms with Gasteiger partial charge in [0.1, 0.15) is 6.61 Å². The molecule has 0 rings (SSSR count). The lowest BCUT2D eigenvalue weighted by atomic mass is 10.1. The van der Waals surface area contributed by atoms with Crippen LogP contribution in [0.25, 0.3) is 0 Å². The van der Waals surface area contributed by atoms with Crippen LogP contribution >= 0.6 is 0 Å². The first-order valence-electron chi connectivity index (χ1n) is 9.74. The normalized spacial score (nSPS) is 11.2. The molecule has 0 saturated carbocycles. The van der Waals surface area contributed by atoms with E-state index in [-0.39, 0.29) is 13.9 Å². The lowest BCUT2D eigenvalue weighted by Gasteiger charge is -2.08. The summed E-state index contributed by atoms with van der Waals surface area (Å²) in [6, 6.07) is 0. The smallest absolute Gasteiger partial charge is 0.245 e. The van der Waals surface area contributed by atoms with Gasteiger partial charge in [0.2, 0.25) is 5.91 Å². The van der Waals surface area contributed by atoms with Crippen LogP contribution in [0.2, 0.25) is 0 Å². The SMILES string of the molecule is CCCCCNC(=O)COCCOCCOCCOCCCC(C)C.[HH]. The summed E-state index contributed by atoms with van der Waals surface area (Å²) < 4.78 is 21.5. The number of amides is 1. The minimum absolute atomic E-state index is 0. The largest absolute Gasteiger partial charge is 0.379 e. The number of hydrogen-bond donors (Lipinski definition) is 1. The van der Waals surface area contributed by atoms with Crippen molar-refractivity contribution >= 4 is 5.91 Å². The Kier molecular flexibility index (Phi) is 19.1. The Hall–Kier alpha value is -0.690. The number of rotatable bonds is 19. The molecule has 6 heteroatoms. The topological polar surface area (TPSA) is 66.0 Å². The average Bonchev–Trinajstić information content (AvgIpc) is 2.58. The van der Waals surface area contributed by atoms with E-state index < -0.39 is 0 Å². The highest BCUT2D eigenvalue weighted by molar-refractivity contribution is 5.77. The Morgan fingerprint density at radius 1 is 0.840 bits per heavy atom. The van der Waals surface area contributed by atoms with Crippen LogP contribution in [0.1, 0.15) is 54.3 Å². The Morgan fingerprint density at radius 2 is 1.40 bits per heavy atom. The monoisotopic (exact) mass is 363 g/mol. The zero-order chi connectivity index (χ0) is 18.6. The van der Waals surface area contributed by atoms with Crippen molar-refractivity contribution in [2.24, 2.45) is 5.92 Å². The van der Waals surface area contributed by atoms with Gasteiger partial charge >= 0.3 is 0 Å². The molecular formula is C19H41NO5. The Bertz CT molecular complexity index is 293. The van der Waals surface area contributed by atoms with E-state index in [0.717, 1.165) is 44.8 Å². The van der Waals surface area contributed by atoms with Gasteiger partial charge in [-0.1, -0.05) is 33.6 Å². The zero-order valence-corrected chi connectivity index (χ0v) is 16.5. The van der Waals surface area contributed by atoms with E-state index >= 15 is 0 Å². The van der Waals surface area contributed by atoms with E-state index in [2.05, 4.69) is 26.1 Å². The first kappa shape index (κ1) is 24.3. The van der Waals surface area contributed by atoms with Crippen molar-refractivity contribution < 1.29 is 25.2 Å². The summed E-state index contributed by atoms with van der Waals surface area (Å²) in [7, 11) is 0. The quantitative estimate of drug-likeness (QED) is 0.357. The first-order chi connectivity index (χ1) is 12.2. The fourth-order valence-corrected chi connectivity index (χ4v) is 2.07. The summed E-state index contributed by atoms with van der Waals surface area (Å²) in [6.45, 7) is 11.4. The second-order valence-corrected chi connectivity index (χ2v) is 6.48. The molecule has 1 amide bonds. The maximum Gasteiger partial charge on any atom is 0.245 e. The molecule has 1 N–H and O–H groups in total. The van der Waals surface area contributed by atoms with E-state index in [1.807, 2.05) is 0 Å². The standard InChI is InChI=1S/C19H39NO5.H2/c1-4-5-6-9-20-19(21)17-25-16-15-24-14-13-23-12-11-22-10-7-8-18(2)3;/h18H,4-17H2,1-3H3,(H,20,21);1H. The molecule has 0 unspecified atom stereocenters. The molecule has 152 valence electrons. The van der Waals surface area contributed by atoms with Crippen molar-refractivity contribution in [3.8, 4) is 0 Å². The maximum atomic E-state index is 11.4. The van der Waals surface area contributed by atoms with E-state index in [4.69, 9.17) is 18.9 Å². The van der Waals surface area contributed by atoms with Gasteiger partial charge in [-0.25, -0.2) is 0 Å². The van der Waals surface area contributed by atoms with Gasteiger partial charge in [-0.3, -0.25) is 4.79 Å². The van der Waals surface area contributed by atoms with E-state index in [0.29, 0.717) is 39.6 Å². The van der Waals surface area contributed by atoms with Crippen LogP contribution in [-0.4, -0.2) is 65.3 Å². The average molecular weight is 364 g/mol. The number of nitrogens with one attached hydrogen (secondary N) is 1. The predicted molar refractivity (Wildman–Crippen MR) is 102 cm³/mol. The van der Waals surface area contributed by atoms with Crippen LogP contribution in [0.15, 0.2) is 0 Å². The van der Waals surface area contributed by atoms with Gasteiger partial charge in [-0.15, -0.1) is 0 Å². The highest BCUT2D eigenvalue weighted by Gasteiger charge is 2.00. The molecular weight excluding hydrogens is 322 g/mol. The Labute approximate surface area is 155 Å². The van der Waals surface area contributed by atoms with Crippen molar-refractivity contribution in [3.63, 3.8) is 0 Å². The fourth-order valence-electron chi connectivity index (χ4n) is 2.07. The number of carbonyl (C=O) groups is 1. The van der Waals surface area contributed by atoms with Crippen molar-refractivity contribution in [1.29, 1.82) is 0 Å². The van der Waals surface area contributed by atoms with Gasteiger partial charge in [0.15, 0.2) is 0 Å². The van der Waals surface area contributed by atoms with Crippen LogP contribution in [0.3, 0.4) is 0 Å². The molecule has 0 heterocycles. The summed E-state index contributed by atoms with van der Waals surface area (Å²) in [6.07, 6.45) is 5.63. The number of hydrogen-bond acceptors (Lipinski definition) is 5. The highest BCUT2D eigenvalue weighted by Crippen LogP contribution is 2.02. The third kappa shape index (κ3) is 21.3. The minimum atomic E-state index is -0.0622. The predicted octanol–water partition coefficient (Wildman–Crippen LogP) is 3.04. The van der Waals surface area contributed by atoms with Gasteiger partial charge in [0.25, 0.3) is 0 Å². The lowest BCUT2D eigenvalue weighted by Crippen LogP contribution is -2.29. The van der Waals surface area contributed by atoms with Gasteiger partial charge in [0, 0.05) is 14.6 Å². The molecule has 25 heavy (non-hydrogen) atoms. The van der Waals surface area contributed by atoms with E-state index in [9.17, 15) is 4.79 Å². The van der Waals surface area contributed by atoms with Gasteiger partial charge in [0.05, 0.1) is 39.6 Å². The van der Waals surface area contributed by atoms with Gasteiger partial charge in [-0.2, -0.15) is 0 Å². The number of ether oxygens (including phenoxy) is 4. The van der Waals surface area contributed by atoms with E-state index in [1.165, 1.54) is 6.42 Å². The molecule has 0 aliphatic rings. The van der Waals surface area contributed by atoms with Crippen molar-refractivity contribution in [2.45, 2.75) is 52.9 Å². The number of unbranched alkanes of at least 4 members (excludes halogenated alkanes) is 2. The molecule has 0 aliphatic heterocycles. The third-order valence-electron chi connectivity index (χ3n) is 3.52. The summed E-state index contributed by atoms with van der Waals surface area (Å²) in [5.74, 6) is 0.675. The van der Waals surface area contributed by atoms with E-state index in [1.54, 1.807) is 0 Å². The summed E-state index contributed by atoms with van der Waals surface area (Å²) in [5, 5.41) is 2.83. The fraction of sp³-hybridized carbons (Fsp3) is 0.947. The van der Waals surface area contributed by atoms with Crippen LogP contribution in [0.4, 0.5) is 0 Å². The molecule has 0 saturated heterocycles. The van der Waals surface area contributed by atoms with Crippen LogP contribution in [0.5, 0.6) is 0 Å². The molecule has 0 atom stereocenters. The number of carbonyl (C=O) groups excluding carboxylic acids is 1. The van der Waals surface area contributed by atoms with Gasteiger partial charge in [-0.05, 0) is 25.2 Å². The highest BCUT2D eigenvalue weighted by atomic mass is 16.6. The molecule has 0 aliphatic carbocycles. The second-order valence-electron chi connectivity index (χ2n) is 6.48. The van der Waals surface area contributed by atoms with Crippen molar-refractivity contribution in [2.75, 3.05) is 59.4 Å². The molecule has 0 spiro atoms. The second kappa shape index (κ2) is 19.6. The van der Waals surface area contributed by atoms with Crippen molar-refractivity contribution in [3.05, 3.63) is 0 Å². The van der Waals surface area contributed by atoms with Crippen LogP contribution in [-0.2, 0) is 23.7 Å². The molecule has 0 aromatic carbocycles. The Balaban J connectivity index is 0. The van der Waals surface area contributed by atoms with Crippen LogP contribution < -0.4 is 5.32 Å². The van der Waals surface area contributed by atoms with Gasteiger partial charge < -0.3 is 24.3 Å². The Morgan fingerprint density at radius 3 is 1.96 bits per heavy atom. The summed E-state index contributed by atoms with van der Waals surface area (Å²) in [4.78, 5) is 11.4. The molecule has 0 fully saturated rings. The molecule has 6 nitrogen and oxygen atoms in total.